The minimum atomic E-state index is -0.00704. The topological polar surface area (TPSA) is 54.9 Å². The van der Waals surface area contributed by atoms with Crippen LogP contribution in [0.4, 0.5) is 5.82 Å². The van der Waals surface area contributed by atoms with Crippen molar-refractivity contribution < 1.29 is 4.79 Å². The molecule has 2 heterocycles. The summed E-state index contributed by atoms with van der Waals surface area (Å²) in [5.41, 5.74) is 0.816. The average molecular weight is 181 g/mol. The summed E-state index contributed by atoms with van der Waals surface area (Å²) in [6, 6.07) is 0. The second-order valence-corrected chi connectivity index (χ2v) is 3.47. The first-order valence-corrected chi connectivity index (χ1v) is 4.50. The third kappa shape index (κ3) is 1.27. The second-order valence-electron chi connectivity index (χ2n) is 2.50. The maximum absolute atomic E-state index is 10.9. The summed E-state index contributed by atoms with van der Waals surface area (Å²) in [4.78, 5) is 19.2. The third-order valence-corrected chi connectivity index (χ3v) is 2.44. The van der Waals surface area contributed by atoms with Crippen LogP contribution in [0.5, 0.6) is 0 Å². The van der Waals surface area contributed by atoms with Gasteiger partial charge in [-0.25, -0.2) is 9.97 Å². The molecule has 0 spiro atoms. The van der Waals surface area contributed by atoms with Crippen LogP contribution in [0, 0.1) is 6.92 Å². The van der Waals surface area contributed by atoms with E-state index >= 15 is 0 Å². The number of anilines is 1. The number of nitrogens with zero attached hydrogens (tertiary/aromatic N) is 2. The van der Waals surface area contributed by atoms with Gasteiger partial charge in [0.25, 0.3) is 0 Å². The molecule has 0 saturated heterocycles. The molecule has 1 aromatic rings. The van der Waals surface area contributed by atoms with E-state index in [1.54, 1.807) is 6.20 Å². The van der Waals surface area contributed by atoms with Crippen molar-refractivity contribution in [3.8, 4) is 0 Å². The van der Waals surface area contributed by atoms with E-state index in [0.717, 1.165) is 10.7 Å². The van der Waals surface area contributed by atoms with Crippen molar-refractivity contribution in [1.29, 1.82) is 0 Å². The standard InChI is InChI=1S/C7H7N3OS/c1-4-2-8-7-6(9-4)10-5(11)3-12-7/h2H,3H2,1H3,(H,9,10,11). The Morgan fingerprint density at radius 2 is 2.50 bits per heavy atom. The number of thioether (sulfide) groups is 1. The summed E-state index contributed by atoms with van der Waals surface area (Å²) in [5, 5.41) is 3.47. The number of nitrogens with one attached hydrogen (secondary N) is 1. The van der Waals surface area contributed by atoms with Crippen molar-refractivity contribution in [2.45, 2.75) is 11.9 Å². The summed E-state index contributed by atoms with van der Waals surface area (Å²) < 4.78 is 0. The molecule has 0 unspecified atom stereocenters. The van der Waals surface area contributed by atoms with Gasteiger partial charge in [-0.15, -0.1) is 0 Å². The summed E-state index contributed by atoms with van der Waals surface area (Å²) in [6.07, 6.45) is 1.70. The van der Waals surface area contributed by atoms with Gasteiger partial charge in [0.05, 0.1) is 11.4 Å². The quantitative estimate of drug-likeness (QED) is 0.644. The monoisotopic (exact) mass is 181 g/mol. The Morgan fingerprint density at radius 3 is 3.33 bits per heavy atom. The van der Waals surface area contributed by atoms with Gasteiger partial charge in [-0.1, -0.05) is 11.8 Å². The third-order valence-electron chi connectivity index (χ3n) is 1.46. The van der Waals surface area contributed by atoms with Crippen LogP contribution in [0.3, 0.4) is 0 Å². The van der Waals surface area contributed by atoms with Crippen LogP contribution in [-0.2, 0) is 4.79 Å². The van der Waals surface area contributed by atoms with Crippen LogP contribution in [0.15, 0.2) is 11.2 Å². The first kappa shape index (κ1) is 7.54. The van der Waals surface area contributed by atoms with Crippen molar-refractivity contribution in [1.82, 2.24) is 9.97 Å². The minimum Gasteiger partial charge on any atom is -0.308 e. The Balaban J connectivity index is 2.44. The zero-order valence-corrected chi connectivity index (χ0v) is 7.31. The summed E-state index contributed by atoms with van der Waals surface area (Å²) in [6.45, 7) is 1.85. The van der Waals surface area contributed by atoms with E-state index in [9.17, 15) is 4.79 Å². The molecule has 2 rings (SSSR count). The van der Waals surface area contributed by atoms with Crippen LogP contribution in [0.2, 0.25) is 0 Å². The fourth-order valence-corrected chi connectivity index (χ4v) is 1.66. The number of rotatable bonds is 0. The van der Waals surface area contributed by atoms with Crippen molar-refractivity contribution in [3.05, 3.63) is 11.9 Å². The molecule has 1 N–H and O–H groups in total. The molecule has 1 aliphatic rings. The molecule has 5 heteroatoms. The maximum Gasteiger partial charge on any atom is 0.236 e. The van der Waals surface area contributed by atoms with Gasteiger partial charge in [-0.05, 0) is 6.92 Å². The lowest BCUT2D eigenvalue weighted by molar-refractivity contribution is -0.113. The van der Waals surface area contributed by atoms with Crippen LogP contribution in [-0.4, -0.2) is 21.6 Å². The minimum absolute atomic E-state index is 0.00704. The normalized spacial score (nSPS) is 15.2. The van der Waals surface area contributed by atoms with Gasteiger partial charge in [0, 0.05) is 6.20 Å². The lowest BCUT2D eigenvalue weighted by Crippen LogP contribution is -2.20. The number of carbonyl (C=O) groups is 1. The van der Waals surface area contributed by atoms with Gasteiger partial charge < -0.3 is 5.32 Å². The lowest BCUT2D eigenvalue weighted by Gasteiger charge is -2.13. The van der Waals surface area contributed by atoms with Gasteiger partial charge in [0.1, 0.15) is 5.03 Å². The number of aromatic nitrogens is 2. The molecule has 1 amide bonds. The highest BCUT2D eigenvalue weighted by Gasteiger charge is 2.17. The Hall–Kier alpha value is -1.10. The van der Waals surface area contributed by atoms with Crippen molar-refractivity contribution in [2.24, 2.45) is 0 Å². The van der Waals surface area contributed by atoms with Crippen LogP contribution in [0.1, 0.15) is 5.69 Å². The largest absolute Gasteiger partial charge is 0.308 e. The number of hydrogen-bond acceptors (Lipinski definition) is 4. The first-order chi connectivity index (χ1) is 5.75. The van der Waals surface area contributed by atoms with Crippen molar-refractivity contribution in [2.75, 3.05) is 11.1 Å². The molecule has 0 radical (unpaired) electrons. The second kappa shape index (κ2) is 2.75. The first-order valence-electron chi connectivity index (χ1n) is 3.52. The molecular formula is C7H7N3OS. The van der Waals surface area contributed by atoms with Gasteiger partial charge in [-0.2, -0.15) is 0 Å². The summed E-state index contributed by atoms with van der Waals surface area (Å²) in [5.74, 6) is 1.02. The molecular weight excluding hydrogens is 174 g/mol. The average Bonchev–Trinajstić information content (AvgIpc) is 2.03. The highest BCUT2D eigenvalue weighted by molar-refractivity contribution is 8.00. The number of hydrogen-bond donors (Lipinski definition) is 1. The number of carbonyl (C=O) groups excluding carboxylic acids is 1. The van der Waals surface area contributed by atoms with Crippen molar-refractivity contribution >= 4 is 23.5 Å². The molecule has 1 aliphatic heterocycles. The molecule has 4 nitrogen and oxygen atoms in total. The zero-order chi connectivity index (χ0) is 8.55. The van der Waals surface area contributed by atoms with E-state index in [1.807, 2.05) is 6.92 Å². The number of aryl methyl sites for hydroxylation is 1. The fraction of sp³-hybridized carbons (Fsp3) is 0.286. The predicted molar refractivity (Wildman–Crippen MR) is 46.1 cm³/mol. The van der Waals surface area contributed by atoms with Crippen molar-refractivity contribution in [3.63, 3.8) is 0 Å². The Bertz CT molecular complexity index is 339. The SMILES string of the molecule is Cc1cnc2c(n1)NC(=O)CS2. The van der Waals surface area contributed by atoms with Crippen LogP contribution < -0.4 is 5.32 Å². The maximum atomic E-state index is 10.9. The van der Waals surface area contributed by atoms with Crippen LogP contribution in [0.25, 0.3) is 0 Å². The van der Waals surface area contributed by atoms with E-state index < -0.39 is 0 Å². The summed E-state index contributed by atoms with van der Waals surface area (Å²) in [7, 11) is 0. The lowest BCUT2D eigenvalue weighted by atomic mass is 10.5. The molecule has 0 saturated carbocycles. The molecule has 0 aliphatic carbocycles. The van der Waals surface area contributed by atoms with E-state index in [4.69, 9.17) is 0 Å². The molecule has 62 valence electrons. The molecule has 0 fully saturated rings. The zero-order valence-electron chi connectivity index (χ0n) is 6.50. The van der Waals surface area contributed by atoms with Crippen LogP contribution >= 0.6 is 11.8 Å². The van der Waals surface area contributed by atoms with E-state index in [1.165, 1.54) is 11.8 Å². The van der Waals surface area contributed by atoms with Gasteiger partial charge in [-0.3, -0.25) is 4.79 Å². The predicted octanol–water partition coefficient (Wildman–Crippen LogP) is 0.829. The Morgan fingerprint density at radius 1 is 1.67 bits per heavy atom. The molecule has 1 aromatic heterocycles. The molecule has 0 bridgehead atoms. The van der Waals surface area contributed by atoms with Gasteiger partial charge in [0.15, 0.2) is 5.82 Å². The Labute approximate surface area is 73.8 Å². The smallest absolute Gasteiger partial charge is 0.236 e. The number of amides is 1. The Kier molecular flexibility index (Phi) is 1.73. The number of fused-ring (bicyclic) bond motifs is 1. The van der Waals surface area contributed by atoms with E-state index in [2.05, 4.69) is 15.3 Å². The van der Waals surface area contributed by atoms with Gasteiger partial charge >= 0.3 is 0 Å². The molecule has 0 aromatic carbocycles. The molecule has 12 heavy (non-hydrogen) atoms. The highest BCUT2D eigenvalue weighted by Crippen LogP contribution is 2.26. The van der Waals surface area contributed by atoms with E-state index in [-0.39, 0.29) is 5.91 Å². The van der Waals surface area contributed by atoms with E-state index in [0.29, 0.717) is 11.6 Å². The summed E-state index contributed by atoms with van der Waals surface area (Å²) >= 11 is 1.42. The molecule has 0 atom stereocenters. The highest BCUT2D eigenvalue weighted by atomic mass is 32.2. The van der Waals surface area contributed by atoms with Gasteiger partial charge in [0.2, 0.25) is 5.91 Å². The fourth-order valence-electron chi connectivity index (χ4n) is 0.955.